The van der Waals surface area contributed by atoms with Crippen molar-refractivity contribution in [3.63, 3.8) is 0 Å². The second-order valence-corrected chi connectivity index (χ2v) is 10.9. The number of rotatable bonds is 4. The molecule has 0 amide bonds. The molecule has 3 heterocycles. The highest BCUT2D eigenvalue weighted by Crippen LogP contribution is 2.34. The first-order valence-corrected chi connectivity index (χ1v) is 11.8. The summed E-state index contributed by atoms with van der Waals surface area (Å²) in [4.78, 5) is 8.61. The van der Waals surface area contributed by atoms with Gasteiger partial charge in [-0.15, -0.1) is 0 Å². The van der Waals surface area contributed by atoms with Gasteiger partial charge in [-0.2, -0.15) is 9.78 Å². The summed E-state index contributed by atoms with van der Waals surface area (Å²) in [7, 11) is -3.71. The molecule has 1 aliphatic carbocycles. The van der Waals surface area contributed by atoms with Gasteiger partial charge in [-0.05, 0) is 36.0 Å². The van der Waals surface area contributed by atoms with Gasteiger partial charge in [0.05, 0.1) is 5.69 Å². The van der Waals surface area contributed by atoms with Gasteiger partial charge in [-0.25, -0.2) is 13.4 Å². The van der Waals surface area contributed by atoms with Crippen LogP contribution in [0.25, 0.3) is 16.6 Å². The van der Waals surface area contributed by atoms with Crippen LogP contribution in [0, 0.1) is 18.3 Å². The van der Waals surface area contributed by atoms with E-state index < -0.39 is 15.3 Å². The van der Waals surface area contributed by atoms with Crippen LogP contribution in [-0.2, 0) is 10.0 Å². The Balaban J connectivity index is 1.70. The van der Waals surface area contributed by atoms with Crippen molar-refractivity contribution in [1.29, 1.82) is 0 Å². The molecule has 1 N–H and O–H groups in total. The van der Waals surface area contributed by atoms with E-state index in [1.54, 1.807) is 35.4 Å². The molecule has 0 radical (unpaired) electrons. The number of hydrogen-bond acceptors (Lipinski definition) is 5. The van der Waals surface area contributed by atoms with Crippen LogP contribution in [0.3, 0.4) is 0 Å². The normalized spacial score (nSPS) is 19.5. The molecule has 0 fully saturated rings. The molecule has 7 nitrogen and oxygen atoms in total. The lowest BCUT2D eigenvalue weighted by Gasteiger charge is -2.29. The number of hydrogen-bond donors (Lipinski definition) is 1. The molecule has 0 spiro atoms. The van der Waals surface area contributed by atoms with Gasteiger partial charge in [0.25, 0.3) is 0 Å². The highest BCUT2D eigenvalue weighted by molar-refractivity contribution is 7.93. The minimum atomic E-state index is -3.71. The van der Waals surface area contributed by atoms with Gasteiger partial charge in [0.1, 0.15) is 11.1 Å². The number of aryl methyl sites for hydroxylation is 1. The highest BCUT2D eigenvalue weighted by atomic mass is 32.2. The molecule has 0 saturated carbocycles. The standard InChI is InChI=1S/C23H27N5O2S/c1-15-12-18(23(3,4)5)6-7-20(15)31(29,30)27-21-13-16(2)26-28(21)22-19-9-10-24-14-17(19)8-11-25-22/h6-15,20,27H,1-5H3. The first-order chi connectivity index (χ1) is 14.6. The van der Waals surface area contributed by atoms with Crippen molar-refractivity contribution in [3.8, 4) is 5.82 Å². The lowest BCUT2D eigenvalue weighted by Crippen LogP contribution is -2.33. The Morgan fingerprint density at radius 1 is 1.16 bits per heavy atom. The topological polar surface area (TPSA) is 89.8 Å². The lowest BCUT2D eigenvalue weighted by atomic mass is 9.81. The van der Waals surface area contributed by atoms with Crippen molar-refractivity contribution in [2.75, 3.05) is 4.72 Å². The second-order valence-electron chi connectivity index (χ2n) is 9.02. The maximum absolute atomic E-state index is 13.3. The van der Waals surface area contributed by atoms with E-state index >= 15 is 0 Å². The molecule has 3 aromatic heterocycles. The summed E-state index contributed by atoms with van der Waals surface area (Å²) < 4.78 is 30.9. The van der Waals surface area contributed by atoms with Crippen LogP contribution in [0.1, 0.15) is 33.4 Å². The number of anilines is 1. The van der Waals surface area contributed by atoms with Crippen molar-refractivity contribution in [2.45, 2.75) is 39.9 Å². The van der Waals surface area contributed by atoms with Gasteiger partial charge in [0.2, 0.25) is 10.0 Å². The first kappa shape index (κ1) is 21.2. The molecule has 1 aliphatic rings. The number of sulfonamides is 1. The number of allylic oxidation sites excluding steroid dienone is 3. The number of nitrogens with one attached hydrogen (secondary N) is 1. The van der Waals surface area contributed by atoms with Gasteiger partial charge >= 0.3 is 0 Å². The van der Waals surface area contributed by atoms with Crippen molar-refractivity contribution < 1.29 is 8.42 Å². The molecular formula is C23H27N5O2S. The zero-order valence-electron chi connectivity index (χ0n) is 18.4. The maximum Gasteiger partial charge on any atom is 0.240 e. The van der Waals surface area contributed by atoms with Crippen LogP contribution in [0.4, 0.5) is 5.82 Å². The van der Waals surface area contributed by atoms with Gasteiger partial charge in [0, 0.05) is 35.4 Å². The largest absolute Gasteiger partial charge is 0.267 e. The van der Waals surface area contributed by atoms with Gasteiger partial charge in [-0.3, -0.25) is 9.71 Å². The quantitative estimate of drug-likeness (QED) is 0.653. The monoisotopic (exact) mass is 437 g/mol. The fraction of sp³-hybridized carbons (Fsp3) is 0.348. The molecule has 0 aliphatic heterocycles. The summed E-state index contributed by atoms with van der Waals surface area (Å²) in [5.74, 6) is 0.754. The Kier molecular flexibility index (Phi) is 5.21. The zero-order valence-corrected chi connectivity index (χ0v) is 19.2. The molecular weight excluding hydrogens is 410 g/mol. The van der Waals surface area contributed by atoms with Crippen LogP contribution in [0.15, 0.2) is 60.6 Å². The van der Waals surface area contributed by atoms with E-state index in [1.807, 2.05) is 38.1 Å². The molecule has 0 bridgehead atoms. The van der Waals surface area contributed by atoms with E-state index in [2.05, 4.69) is 40.6 Å². The van der Waals surface area contributed by atoms with Crippen LogP contribution >= 0.6 is 0 Å². The van der Waals surface area contributed by atoms with E-state index in [4.69, 9.17) is 0 Å². The van der Waals surface area contributed by atoms with E-state index in [0.717, 1.165) is 16.3 Å². The lowest BCUT2D eigenvalue weighted by molar-refractivity contribution is 0.502. The van der Waals surface area contributed by atoms with Crippen LogP contribution in [0.5, 0.6) is 0 Å². The number of aromatic nitrogens is 4. The Morgan fingerprint density at radius 3 is 2.65 bits per heavy atom. The molecule has 2 atom stereocenters. The van der Waals surface area contributed by atoms with E-state index in [1.165, 1.54) is 0 Å². The summed E-state index contributed by atoms with van der Waals surface area (Å²) in [6.07, 6.45) is 10.8. The minimum Gasteiger partial charge on any atom is -0.267 e. The van der Waals surface area contributed by atoms with E-state index in [9.17, 15) is 8.42 Å². The smallest absolute Gasteiger partial charge is 0.240 e. The SMILES string of the molecule is Cc1cc(NS(=O)(=O)C2C=CC(C(C)(C)C)=CC2C)n(-c2nccc3cnccc23)n1. The van der Waals surface area contributed by atoms with E-state index in [0.29, 0.717) is 17.3 Å². The van der Waals surface area contributed by atoms with Crippen molar-refractivity contribution in [3.05, 3.63) is 66.3 Å². The van der Waals surface area contributed by atoms with E-state index in [-0.39, 0.29) is 11.3 Å². The summed E-state index contributed by atoms with van der Waals surface area (Å²) in [6, 6.07) is 5.42. The average molecular weight is 438 g/mol. The first-order valence-electron chi connectivity index (χ1n) is 10.2. The van der Waals surface area contributed by atoms with Gasteiger partial charge < -0.3 is 0 Å². The fourth-order valence-electron chi connectivity index (χ4n) is 3.81. The molecule has 162 valence electrons. The van der Waals surface area contributed by atoms with Crippen molar-refractivity contribution in [1.82, 2.24) is 19.7 Å². The molecule has 3 aromatic rings. The fourth-order valence-corrected chi connectivity index (χ4v) is 5.31. The van der Waals surface area contributed by atoms with Crippen molar-refractivity contribution >= 4 is 26.6 Å². The second kappa shape index (κ2) is 7.60. The van der Waals surface area contributed by atoms with Crippen LogP contribution < -0.4 is 4.72 Å². The van der Waals surface area contributed by atoms with Crippen molar-refractivity contribution in [2.24, 2.45) is 11.3 Å². The third-order valence-corrected chi connectivity index (χ3v) is 7.27. The Hall–Kier alpha value is -3.00. The van der Waals surface area contributed by atoms with Gasteiger partial charge in [-0.1, -0.05) is 45.9 Å². The number of fused-ring (bicyclic) bond motifs is 1. The summed E-state index contributed by atoms with van der Waals surface area (Å²) >= 11 is 0. The highest BCUT2D eigenvalue weighted by Gasteiger charge is 2.32. The molecule has 31 heavy (non-hydrogen) atoms. The predicted molar refractivity (Wildman–Crippen MR) is 124 cm³/mol. The Labute approximate surface area is 183 Å². The minimum absolute atomic E-state index is 0.0302. The third-order valence-electron chi connectivity index (χ3n) is 5.47. The summed E-state index contributed by atoms with van der Waals surface area (Å²) in [5.41, 5.74) is 1.80. The third kappa shape index (κ3) is 4.12. The zero-order chi connectivity index (χ0) is 22.4. The number of nitrogens with zero attached hydrogens (tertiary/aromatic N) is 4. The molecule has 4 rings (SSSR count). The summed E-state index contributed by atoms with van der Waals surface area (Å²) in [6.45, 7) is 10.1. The van der Waals surface area contributed by atoms with Crippen LogP contribution in [-0.4, -0.2) is 33.4 Å². The Bertz CT molecular complexity index is 1290. The molecule has 0 saturated heterocycles. The Morgan fingerprint density at radius 2 is 1.94 bits per heavy atom. The molecule has 8 heteroatoms. The number of pyridine rings is 2. The molecule has 2 unspecified atom stereocenters. The summed E-state index contributed by atoms with van der Waals surface area (Å²) in [5, 5.41) is 5.57. The maximum atomic E-state index is 13.3. The molecule has 0 aromatic carbocycles. The predicted octanol–water partition coefficient (Wildman–Crippen LogP) is 4.41. The average Bonchev–Trinajstić information content (AvgIpc) is 3.05. The van der Waals surface area contributed by atoms with Crippen LogP contribution in [0.2, 0.25) is 0 Å². The van der Waals surface area contributed by atoms with Gasteiger partial charge in [0.15, 0.2) is 5.82 Å².